The third-order valence-corrected chi connectivity index (χ3v) is 12.1. The van der Waals surface area contributed by atoms with Crippen LogP contribution in [-0.4, -0.2) is 122 Å². The van der Waals surface area contributed by atoms with Gasteiger partial charge in [-0.3, -0.25) is 24.0 Å². The van der Waals surface area contributed by atoms with Gasteiger partial charge in [-0.15, -0.1) is 0 Å². The number of hydrogen-bond acceptors (Lipinski definition) is 11. The van der Waals surface area contributed by atoms with Crippen LogP contribution in [0, 0.1) is 0 Å². The van der Waals surface area contributed by atoms with Crippen LogP contribution in [0.2, 0.25) is 0 Å². The Morgan fingerprint density at radius 3 is 1.61 bits per heavy atom. The first kappa shape index (κ1) is 60.9. The van der Waals surface area contributed by atoms with Gasteiger partial charge in [0.1, 0.15) is 49.5 Å². The van der Waals surface area contributed by atoms with Gasteiger partial charge in [-0.25, -0.2) is 9.59 Å². The molecule has 0 aliphatic heterocycles. The maximum Gasteiger partial charge on any atom is 0.408 e. The highest BCUT2D eigenvalue weighted by molar-refractivity contribution is 8.13. The molecule has 2 aromatic rings. The predicted molar refractivity (Wildman–Crippen MR) is 277 cm³/mol. The minimum atomic E-state index is -1.60. The van der Waals surface area contributed by atoms with E-state index < -0.39 is 71.9 Å². The number of benzene rings is 2. The molecule has 4 atom stereocenters. The van der Waals surface area contributed by atoms with Gasteiger partial charge in [0.15, 0.2) is 5.12 Å². The topological polar surface area (TPSA) is 195 Å². The Morgan fingerprint density at radius 1 is 0.629 bits per heavy atom. The maximum absolute atomic E-state index is 14.4. The molecule has 2 rings (SSSR count). The third kappa shape index (κ3) is 29.1. The van der Waals surface area contributed by atoms with Gasteiger partial charge in [-0.2, -0.15) is 0 Å². The van der Waals surface area contributed by atoms with Crippen molar-refractivity contribution in [3.05, 3.63) is 84.4 Å². The molecule has 0 bridgehead atoms. The van der Waals surface area contributed by atoms with Gasteiger partial charge in [0.25, 0.3) is 0 Å². The molecule has 4 amide bonds. The Balaban J connectivity index is 2.34. The van der Waals surface area contributed by atoms with E-state index in [9.17, 15) is 33.6 Å². The summed E-state index contributed by atoms with van der Waals surface area (Å²) in [4.78, 5) is 95.8. The molecule has 0 aliphatic rings. The van der Waals surface area contributed by atoms with Crippen molar-refractivity contribution in [2.75, 3.05) is 46.7 Å². The minimum Gasteiger partial charge on any atom is -0.461 e. The van der Waals surface area contributed by atoms with Crippen LogP contribution < -0.4 is 21.3 Å². The summed E-state index contributed by atoms with van der Waals surface area (Å²) in [6, 6.07) is 12.4. The molecule has 0 saturated carbocycles. The van der Waals surface area contributed by atoms with Gasteiger partial charge in [-0.05, 0) is 38.3 Å². The van der Waals surface area contributed by atoms with Crippen molar-refractivity contribution in [1.29, 1.82) is 0 Å². The van der Waals surface area contributed by atoms with Crippen molar-refractivity contribution in [1.82, 2.24) is 21.3 Å². The maximum atomic E-state index is 14.4. The Kier molecular flexibility index (Phi) is 29.7. The zero-order chi connectivity index (χ0) is 51.8. The number of nitrogens with zero attached hydrogens (tertiary/aromatic N) is 1. The molecule has 0 unspecified atom stereocenters. The number of quaternary nitrogens is 1. The first-order valence-electron chi connectivity index (χ1n) is 25.2. The lowest BCUT2D eigenvalue weighted by Gasteiger charge is -2.27. The Labute approximate surface area is 422 Å². The second-order valence-corrected chi connectivity index (χ2v) is 20.9. The quantitative estimate of drug-likeness (QED) is 0.0172. The van der Waals surface area contributed by atoms with Gasteiger partial charge < -0.3 is 40.0 Å². The average Bonchev–Trinajstić information content (AvgIpc) is 3.29. The lowest BCUT2D eigenvalue weighted by atomic mass is 10.0. The molecule has 0 spiro atoms. The summed E-state index contributed by atoms with van der Waals surface area (Å²) in [5.74, 6) is -4.34. The summed E-state index contributed by atoms with van der Waals surface area (Å²) in [5.41, 5.74) is 0.545. The number of ether oxygens (including phenoxy) is 3. The zero-order valence-corrected chi connectivity index (χ0v) is 44.0. The highest BCUT2D eigenvalue weighted by Gasteiger charge is 2.34. The van der Waals surface area contributed by atoms with Crippen LogP contribution in [-0.2, 0) is 55.8 Å². The molecule has 0 radical (unpaired) electrons. The van der Waals surface area contributed by atoms with Crippen molar-refractivity contribution >= 4 is 52.6 Å². The number of amides is 4. The summed E-state index contributed by atoms with van der Waals surface area (Å²) >= 11 is 0.870. The Bertz CT molecular complexity index is 1890. The molecule has 0 heterocycles. The number of thioether (sulfide) groups is 1. The van der Waals surface area contributed by atoms with Crippen LogP contribution in [0.1, 0.15) is 135 Å². The Morgan fingerprint density at radius 2 is 1.10 bits per heavy atom. The molecule has 0 aromatic heterocycles. The number of esters is 2. The van der Waals surface area contributed by atoms with Gasteiger partial charge >= 0.3 is 18.0 Å². The normalized spacial score (nSPS) is 13.1. The minimum absolute atomic E-state index is 0.0270. The van der Waals surface area contributed by atoms with Crippen molar-refractivity contribution < 1.29 is 52.3 Å². The van der Waals surface area contributed by atoms with E-state index in [1.165, 1.54) is 63.9 Å². The molecule has 0 saturated heterocycles. The van der Waals surface area contributed by atoms with Crippen molar-refractivity contribution in [3.63, 3.8) is 0 Å². The first-order valence-corrected chi connectivity index (χ1v) is 26.2. The van der Waals surface area contributed by atoms with Crippen LogP contribution in [0.25, 0.3) is 0 Å². The van der Waals surface area contributed by atoms with Gasteiger partial charge in [0.2, 0.25) is 17.7 Å². The molecule has 2 aromatic carbocycles. The SMILES string of the molecule is C=CCOC(=O)C[C@H](NC(=O)[C@H](CSC(=O)CCCCCCCCCCCCCCC)NC(=O)[C@H](Cc1ccccc1)NC(=O)OC(C)(C)C)C(=O)N[C@@H](Cc1ccccc1)C(=O)OCC[N+](C)(C)C. The lowest BCUT2D eigenvalue weighted by molar-refractivity contribution is -0.870. The highest BCUT2D eigenvalue weighted by Crippen LogP contribution is 2.17. The summed E-state index contributed by atoms with van der Waals surface area (Å²) in [7, 11) is 5.84. The van der Waals surface area contributed by atoms with Crippen molar-refractivity contribution in [2.24, 2.45) is 0 Å². The highest BCUT2D eigenvalue weighted by atomic mass is 32.2. The summed E-state index contributed by atoms with van der Waals surface area (Å²) < 4.78 is 16.8. The molecule has 4 N–H and O–H groups in total. The fourth-order valence-corrected chi connectivity index (χ4v) is 8.07. The van der Waals surface area contributed by atoms with Gasteiger partial charge in [0.05, 0.1) is 27.6 Å². The van der Waals surface area contributed by atoms with E-state index in [1.807, 2.05) is 33.3 Å². The molecular formula is C54H84N5O10S+. The smallest absolute Gasteiger partial charge is 0.408 e. The second kappa shape index (κ2) is 34.2. The number of carbonyl (C=O) groups is 7. The predicted octanol–water partition coefficient (Wildman–Crippen LogP) is 7.93. The number of carbonyl (C=O) groups excluding carboxylic acids is 7. The molecule has 15 nitrogen and oxygen atoms in total. The van der Waals surface area contributed by atoms with E-state index in [2.05, 4.69) is 34.8 Å². The largest absolute Gasteiger partial charge is 0.461 e. The van der Waals surface area contributed by atoms with Crippen molar-refractivity contribution in [3.8, 4) is 0 Å². The zero-order valence-electron chi connectivity index (χ0n) is 43.2. The number of rotatable bonds is 35. The molecular weight excluding hydrogens is 911 g/mol. The monoisotopic (exact) mass is 995 g/mol. The first-order chi connectivity index (χ1) is 33.3. The third-order valence-electron chi connectivity index (χ3n) is 11.1. The molecule has 390 valence electrons. The van der Waals surface area contributed by atoms with Crippen LogP contribution in [0.4, 0.5) is 4.79 Å². The number of nitrogens with one attached hydrogen (secondary N) is 4. The van der Waals surface area contributed by atoms with E-state index in [0.717, 1.165) is 36.6 Å². The average molecular weight is 995 g/mol. The van der Waals surface area contributed by atoms with Crippen LogP contribution in [0.15, 0.2) is 73.3 Å². The molecule has 0 fully saturated rings. The van der Waals surface area contributed by atoms with E-state index in [-0.39, 0.29) is 43.3 Å². The van der Waals surface area contributed by atoms with Gasteiger partial charge in [-0.1, -0.05) is 169 Å². The Hall–Kier alpha value is -5.22. The fourth-order valence-electron chi connectivity index (χ4n) is 7.19. The number of unbranched alkanes of at least 4 members (excludes halogenated alkanes) is 12. The van der Waals surface area contributed by atoms with E-state index in [0.29, 0.717) is 23.0 Å². The van der Waals surface area contributed by atoms with E-state index in [1.54, 1.807) is 69.3 Å². The second-order valence-electron chi connectivity index (χ2n) is 19.8. The summed E-state index contributed by atoms with van der Waals surface area (Å²) in [6.07, 6.45) is 15.3. The lowest BCUT2D eigenvalue weighted by Crippen LogP contribution is -2.59. The summed E-state index contributed by atoms with van der Waals surface area (Å²) in [5, 5.41) is 10.4. The molecule has 0 aliphatic carbocycles. The van der Waals surface area contributed by atoms with Crippen LogP contribution in [0.3, 0.4) is 0 Å². The molecule has 70 heavy (non-hydrogen) atoms. The molecule has 16 heteroatoms. The number of likely N-dealkylation sites (N-methyl/N-ethyl adjacent to an activating group) is 1. The van der Waals surface area contributed by atoms with E-state index in [4.69, 9.17) is 14.2 Å². The fraction of sp³-hybridized carbons (Fsp3) is 0.611. The standard InChI is InChI=1S/C54H83N5O10S/c1-9-11-12-13-14-15-16-17-18-19-20-21-28-33-48(61)70-40-46(57-49(62)43(37-41-29-24-22-25-30-41)58-53(66)69-54(3,4)5)51(64)55-44(39-47(60)67-35-10-2)50(63)56-45(38-42-31-26-23-27-32-42)52(65)68-36-34-59(6,7)8/h10,22-27,29-32,43-46H,2,9,11-21,28,33-40H2,1,3-8H3,(H3-,55,56,57,58,62,63,64,66)/p+1/t43-,44-,45-,46-/m0/s1. The van der Waals surface area contributed by atoms with Crippen molar-refractivity contribution in [2.45, 2.75) is 167 Å². The summed E-state index contributed by atoms with van der Waals surface area (Å²) in [6.45, 7) is 11.3. The number of hydrogen-bond donors (Lipinski definition) is 4. The number of alkyl carbamates (subject to hydrolysis) is 1. The van der Waals surface area contributed by atoms with Crippen LogP contribution in [0.5, 0.6) is 0 Å². The van der Waals surface area contributed by atoms with E-state index >= 15 is 0 Å². The van der Waals surface area contributed by atoms with Crippen LogP contribution >= 0.6 is 11.8 Å². The van der Waals surface area contributed by atoms with Gasteiger partial charge in [0, 0.05) is 25.0 Å².